The quantitative estimate of drug-likeness (QED) is 0.551. The van der Waals surface area contributed by atoms with Gasteiger partial charge in [0.05, 0.1) is 18.8 Å². The van der Waals surface area contributed by atoms with Crippen LogP contribution in [-0.4, -0.2) is 23.1 Å². The summed E-state index contributed by atoms with van der Waals surface area (Å²) in [6, 6.07) is 20.7. The van der Waals surface area contributed by atoms with E-state index in [1.165, 1.54) is 18.2 Å². The van der Waals surface area contributed by atoms with Gasteiger partial charge in [0.2, 0.25) is 0 Å². The van der Waals surface area contributed by atoms with Crippen molar-refractivity contribution in [3.8, 4) is 0 Å². The zero-order valence-corrected chi connectivity index (χ0v) is 15.0. The van der Waals surface area contributed by atoms with Crippen molar-refractivity contribution >= 4 is 24.2 Å². The summed E-state index contributed by atoms with van der Waals surface area (Å²) < 4.78 is 19.9. The summed E-state index contributed by atoms with van der Waals surface area (Å²) in [6.45, 7) is 0.930. The smallest absolute Gasteiger partial charge is 0.423 e. The van der Waals surface area contributed by atoms with Crippen LogP contribution in [0.1, 0.15) is 21.5 Å². The molecule has 142 valence electrons. The minimum absolute atomic E-state index is 0.263. The summed E-state index contributed by atoms with van der Waals surface area (Å²) in [7, 11) is -1.98. The molecule has 5 nitrogen and oxygen atoms in total. The topological polar surface area (TPSA) is 78.8 Å². The molecule has 7 heteroatoms. The Hall–Kier alpha value is -3.00. The van der Waals surface area contributed by atoms with Crippen molar-refractivity contribution in [3.05, 3.63) is 95.3 Å². The average molecular weight is 379 g/mol. The van der Waals surface area contributed by atoms with E-state index in [4.69, 9.17) is 14.8 Å². The summed E-state index contributed by atoms with van der Waals surface area (Å²) in [4.78, 5) is 12.3. The molecule has 0 radical (unpaired) electrons. The van der Waals surface area contributed by atoms with E-state index in [1.54, 1.807) is 12.1 Å². The highest BCUT2D eigenvalue weighted by Gasteiger charge is 2.21. The molecule has 0 aliphatic carbocycles. The number of benzene rings is 3. The Labute approximate surface area is 162 Å². The van der Waals surface area contributed by atoms with Gasteiger partial charge >= 0.3 is 7.12 Å². The predicted octanol–water partition coefficient (Wildman–Crippen LogP) is 2.47. The Morgan fingerprint density at radius 2 is 1.54 bits per heavy atom. The van der Waals surface area contributed by atoms with Gasteiger partial charge in [-0.2, -0.15) is 0 Å². The predicted molar refractivity (Wildman–Crippen MR) is 106 cm³/mol. The first-order valence-corrected chi connectivity index (χ1v) is 8.71. The summed E-state index contributed by atoms with van der Waals surface area (Å²) in [5.74, 6) is -1.63. The maximum Gasteiger partial charge on any atom is 0.491 e. The van der Waals surface area contributed by atoms with Gasteiger partial charge < -0.3 is 20.1 Å². The zero-order chi connectivity index (χ0) is 19.9. The third kappa shape index (κ3) is 5.04. The van der Waals surface area contributed by atoms with Crippen molar-refractivity contribution in [1.82, 2.24) is 0 Å². The molecule has 0 saturated carbocycles. The molecule has 0 unspecified atom stereocenters. The van der Waals surface area contributed by atoms with Crippen LogP contribution in [0, 0.1) is 5.82 Å². The molecule has 3 aromatic rings. The van der Waals surface area contributed by atoms with Crippen molar-refractivity contribution in [1.29, 1.82) is 0 Å². The van der Waals surface area contributed by atoms with Crippen LogP contribution in [-0.2, 0) is 18.0 Å². The number of ether oxygens (including phenoxy) is 1. The second-order valence-electron chi connectivity index (χ2n) is 6.21. The van der Waals surface area contributed by atoms with Crippen LogP contribution < -0.4 is 10.8 Å². The van der Waals surface area contributed by atoms with Crippen molar-refractivity contribution in [3.63, 3.8) is 0 Å². The molecule has 0 saturated heterocycles. The molecule has 0 aliphatic heterocycles. The molecule has 3 aromatic carbocycles. The molecular formula is C21H19BFNO4. The fraction of sp³-hybridized carbons (Fsp3) is 0.0952. The molecule has 3 N–H and O–H groups in total. The van der Waals surface area contributed by atoms with Crippen LogP contribution in [0.4, 0.5) is 10.1 Å². The largest absolute Gasteiger partial charge is 0.491 e. The Morgan fingerprint density at radius 1 is 0.893 bits per heavy atom. The number of carbonyl (C=O) groups excluding carboxylic acids is 1. The first-order chi connectivity index (χ1) is 13.5. The Kier molecular flexibility index (Phi) is 6.55. The summed E-state index contributed by atoms with van der Waals surface area (Å²) in [5, 5.41) is 20.9. The van der Waals surface area contributed by atoms with Crippen LogP contribution in [0.15, 0.2) is 72.8 Å². The molecule has 0 atom stereocenters. The summed E-state index contributed by atoms with van der Waals surface area (Å²) in [6.07, 6.45) is 0. The standard InChI is InChI=1S/C21H19BFNO4/c23-20-18(7-4-8-19(20)22(26)27)21(25)24-17-11-9-16(10-12-17)14-28-13-15-5-2-1-3-6-15/h1-12,26-27H,13-14H2,(H,24,25). The maximum absolute atomic E-state index is 14.2. The molecule has 0 bridgehead atoms. The van der Waals surface area contributed by atoms with E-state index >= 15 is 0 Å². The lowest BCUT2D eigenvalue weighted by Crippen LogP contribution is -2.34. The normalized spacial score (nSPS) is 10.5. The lowest BCUT2D eigenvalue weighted by atomic mass is 9.79. The number of rotatable bonds is 7. The van der Waals surface area contributed by atoms with Crippen LogP contribution in [0.2, 0.25) is 0 Å². The molecule has 0 aromatic heterocycles. The lowest BCUT2D eigenvalue weighted by Gasteiger charge is -2.10. The van der Waals surface area contributed by atoms with Gasteiger partial charge in [-0.3, -0.25) is 4.79 Å². The first kappa shape index (κ1) is 19.8. The Balaban J connectivity index is 1.58. The van der Waals surface area contributed by atoms with E-state index in [-0.39, 0.29) is 11.0 Å². The third-order valence-corrected chi connectivity index (χ3v) is 4.14. The van der Waals surface area contributed by atoms with E-state index in [9.17, 15) is 9.18 Å². The van der Waals surface area contributed by atoms with Crippen LogP contribution >= 0.6 is 0 Å². The van der Waals surface area contributed by atoms with Gasteiger partial charge in [0.1, 0.15) is 5.82 Å². The molecule has 0 heterocycles. The van der Waals surface area contributed by atoms with Gasteiger partial charge in [0, 0.05) is 11.2 Å². The van der Waals surface area contributed by atoms with Crippen molar-refractivity contribution in [2.75, 3.05) is 5.32 Å². The number of carbonyl (C=O) groups is 1. The Bertz CT molecular complexity index is 933. The monoisotopic (exact) mass is 379 g/mol. The minimum atomic E-state index is -1.98. The number of nitrogens with one attached hydrogen (secondary N) is 1. The van der Waals surface area contributed by atoms with E-state index < -0.39 is 18.8 Å². The molecule has 0 fully saturated rings. The summed E-state index contributed by atoms with van der Waals surface area (Å²) >= 11 is 0. The molecule has 0 spiro atoms. The van der Waals surface area contributed by atoms with E-state index in [2.05, 4.69) is 5.32 Å². The number of halogens is 1. The van der Waals surface area contributed by atoms with E-state index in [0.29, 0.717) is 18.9 Å². The minimum Gasteiger partial charge on any atom is -0.423 e. The second kappa shape index (κ2) is 9.28. The highest BCUT2D eigenvalue weighted by Crippen LogP contribution is 2.14. The SMILES string of the molecule is O=C(Nc1ccc(COCc2ccccc2)cc1)c1cccc(B(O)O)c1F. The van der Waals surface area contributed by atoms with Crippen LogP contribution in [0.3, 0.4) is 0 Å². The zero-order valence-electron chi connectivity index (χ0n) is 15.0. The van der Waals surface area contributed by atoms with Gasteiger partial charge in [-0.25, -0.2) is 4.39 Å². The first-order valence-electron chi connectivity index (χ1n) is 8.71. The lowest BCUT2D eigenvalue weighted by molar-refractivity contribution is 0.102. The van der Waals surface area contributed by atoms with Gasteiger partial charge in [-0.15, -0.1) is 0 Å². The number of hydrogen-bond acceptors (Lipinski definition) is 4. The fourth-order valence-electron chi connectivity index (χ4n) is 2.67. The molecular weight excluding hydrogens is 360 g/mol. The summed E-state index contributed by atoms with van der Waals surface area (Å²) in [5.41, 5.74) is 1.90. The van der Waals surface area contributed by atoms with Gasteiger partial charge in [-0.05, 0) is 29.3 Å². The third-order valence-electron chi connectivity index (χ3n) is 4.14. The molecule has 1 amide bonds. The van der Waals surface area contributed by atoms with E-state index in [1.807, 2.05) is 42.5 Å². The van der Waals surface area contributed by atoms with Crippen LogP contribution in [0.5, 0.6) is 0 Å². The number of hydrogen-bond donors (Lipinski definition) is 3. The van der Waals surface area contributed by atoms with Crippen molar-refractivity contribution in [2.24, 2.45) is 0 Å². The van der Waals surface area contributed by atoms with Gasteiger partial charge in [-0.1, -0.05) is 54.6 Å². The number of amides is 1. The highest BCUT2D eigenvalue weighted by molar-refractivity contribution is 6.58. The molecule has 3 rings (SSSR count). The van der Waals surface area contributed by atoms with Crippen molar-refractivity contribution < 1.29 is 24.0 Å². The molecule has 0 aliphatic rings. The van der Waals surface area contributed by atoms with Gasteiger partial charge in [0.15, 0.2) is 0 Å². The number of anilines is 1. The van der Waals surface area contributed by atoms with E-state index in [0.717, 1.165) is 11.1 Å². The second-order valence-corrected chi connectivity index (χ2v) is 6.21. The highest BCUT2D eigenvalue weighted by atomic mass is 19.1. The Morgan fingerprint density at radius 3 is 2.18 bits per heavy atom. The van der Waals surface area contributed by atoms with Gasteiger partial charge in [0.25, 0.3) is 5.91 Å². The fourth-order valence-corrected chi connectivity index (χ4v) is 2.67. The molecule has 28 heavy (non-hydrogen) atoms. The van der Waals surface area contributed by atoms with Crippen molar-refractivity contribution in [2.45, 2.75) is 13.2 Å². The van der Waals surface area contributed by atoms with Crippen LogP contribution in [0.25, 0.3) is 0 Å². The maximum atomic E-state index is 14.2. The average Bonchev–Trinajstić information content (AvgIpc) is 2.70.